The number of aromatic nitrogens is 5. The van der Waals surface area contributed by atoms with Crippen LogP contribution in [0, 0.1) is 5.82 Å². The summed E-state index contributed by atoms with van der Waals surface area (Å²) in [5.41, 5.74) is 0.506. The fraction of sp³-hybridized carbons (Fsp3) is 0.111. The lowest BCUT2D eigenvalue weighted by Crippen LogP contribution is -2.15. The maximum atomic E-state index is 14.3. The first kappa shape index (κ1) is 18.0. The molecule has 4 aromatic rings. The van der Waals surface area contributed by atoms with Crippen LogP contribution in [0.25, 0.3) is 11.5 Å². The van der Waals surface area contributed by atoms with Crippen LogP contribution in [0.4, 0.5) is 9.52 Å². The van der Waals surface area contributed by atoms with E-state index in [0.29, 0.717) is 22.6 Å². The number of benzene rings is 1. The molecule has 0 aliphatic rings. The number of halogens is 1. The van der Waals surface area contributed by atoms with Gasteiger partial charge in [0.05, 0.1) is 6.20 Å². The number of nitrogens with zero attached hydrogens (tertiary/aromatic N) is 5. The predicted octanol–water partition coefficient (Wildman–Crippen LogP) is 3.05. The highest BCUT2D eigenvalue weighted by Crippen LogP contribution is 2.23. The summed E-state index contributed by atoms with van der Waals surface area (Å²) in [7, 11) is 1.56. The molecule has 1 N–H and O–H groups in total. The molecule has 142 valence electrons. The molecule has 0 radical (unpaired) electrons. The van der Waals surface area contributed by atoms with Gasteiger partial charge in [-0.2, -0.15) is 5.10 Å². The van der Waals surface area contributed by atoms with Crippen molar-refractivity contribution in [2.24, 2.45) is 0 Å². The van der Waals surface area contributed by atoms with E-state index in [2.05, 4.69) is 20.6 Å². The van der Waals surface area contributed by atoms with Crippen molar-refractivity contribution in [1.82, 2.24) is 24.5 Å². The number of para-hydroxylation sites is 1. The van der Waals surface area contributed by atoms with Crippen LogP contribution in [0.5, 0.6) is 0 Å². The van der Waals surface area contributed by atoms with Gasteiger partial charge in [-0.3, -0.25) is 10.1 Å². The van der Waals surface area contributed by atoms with Gasteiger partial charge < -0.3 is 9.30 Å². The molecule has 3 heterocycles. The first-order valence-electron chi connectivity index (χ1n) is 8.26. The second kappa shape index (κ2) is 7.71. The molecular weight excluding hydrogens is 383 g/mol. The number of hydrogen-bond acceptors (Lipinski definition) is 6. The van der Waals surface area contributed by atoms with Crippen molar-refractivity contribution < 1.29 is 13.9 Å². The minimum absolute atomic E-state index is 0.239. The SMILES string of the molecule is COCc1nnc(NC(=O)c2cnn(-c3ccccc3F)c2-n2cccc2)s1. The molecule has 0 spiro atoms. The molecule has 0 atom stereocenters. The van der Waals surface area contributed by atoms with E-state index >= 15 is 0 Å². The fourth-order valence-electron chi connectivity index (χ4n) is 2.68. The Morgan fingerprint density at radius 3 is 2.75 bits per heavy atom. The quantitative estimate of drug-likeness (QED) is 0.539. The standard InChI is InChI=1S/C18H15FN6O2S/c1-27-11-15-22-23-18(28-15)21-16(26)12-10-20-25(14-7-3-2-6-13(14)19)17(12)24-8-4-5-9-24/h2-10H,11H2,1H3,(H,21,23,26). The number of ether oxygens (including phenoxy) is 1. The third kappa shape index (κ3) is 3.42. The van der Waals surface area contributed by atoms with Crippen molar-refractivity contribution in [3.63, 3.8) is 0 Å². The third-order valence-corrected chi connectivity index (χ3v) is 4.69. The van der Waals surface area contributed by atoms with Gasteiger partial charge in [0.1, 0.15) is 28.7 Å². The second-order valence-corrected chi connectivity index (χ2v) is 6.79. The maximum absolute atomic E-state index is 14.3. The van der Waals surface area contributed by atoms with Gasteiger partial charge in [-0.05, 0) is 24.3 Å². The fourth-order valence-corrected chi connectivity index (χ4v) is 3.38. The molecule has 0 aliphatic heterocycles. The Labute approximate surface area is 163 Å². The van der Waals surface area contributed by atoms with E-state index in [9.17, 15) is 9.18 Å². The highest BCUT2D eigenvalue weighted by Gasteiger charge is 2.22. The summed E-state index contributed by atoms with van der Waals surface area (Å²) < 4.78 is 22.4. The van der Waals surface area contributed by atoms with Gasteiger partial charge in [0, 0.05) is 19.5 Å². The van der Waals surface area contributed by atoms with Gasteiger partial charge in [-0.25, -0.2) is 9.07 Å². The van der Waals surface area contributed by atoms with Crippen molar-refractivity contribution in [3.05, 3.63) is 71.4 Å². The van der Waals surface area contributed by atoms with Crippen LogP contribution in [0.15, 0.2) is 55.0 Å². The molecule has 0 fully saturated rings. The lowest BCUT2D eigenvalue weighted by atomic mass is 10.2. The number of rotatable bonds is 6. The number of carbonyl (C=O) groups is 1. The summed E-state index contributed by atoms with van der Waals surface area (Å²) in [6.45, 7) is 0.313. The molecular formula is C18H15FN6O2S. The van der Waals surface area contributed by atoms with Gasteiger partial charge in [0.15, 0.2) is 5.82 Å². The van der Waals surface area contributed by atoms with Gasteiger partial charge in [-0.15, -0.1) is 10.2 Å². The van der Waals surface area contributed by atoms with Crippen molar-refractivity contribution in [3.8, 4) is 11.5 Å². The van der Waals surface area contributed by atoms with E-state index in [0.717, 1.165) is 0 Å². The number of methoxy groups -OCH3 is 1. The average Bonchev–Trinajstić information content (AvgIpc) is 3.42. The first-order valence-corrected chi connectivity index (χ1v) is 9.08. The van der Waals surface area contributed by atoms with E-state index in [1.54, 1.807) is 42.3 Å². The van der Waals surface area contributed by atoms with E-state index in [-0.39, 0.29) is 11.3 Å². The van der Waals surface area contributed by atoms with Crippen LogP contribution in [0.2, 0.25) is 0 Å². The first-order chi connectivity index (χ1) is 13.7. The van der Waals surface area contributed by atoms with Crippen molar-refractivity contribution in [1.29, 1.82) is 0 Å². The topological polar surface area (TPSA) is 86.9 Å². The second-order valence-electron chi connectivity index (χ2n) is 5.72. The minimum atomic E-state index is -0.445. The molecule has 0 aliphatic carbocycles. The Balaban J connectivity index is 1.73. The summed E-state index contributed by atoms with van der Waals surface area (Å²) in [5.74, 6) is -0.458. The van der Waals surface area contributed by atoms with Crippen LogP contribution in [-0.4, -0.2) is 37.6 Å². The zero-order valence-corrected chi connectivity index (χ0v) is 15.6. The lowest BCUT2D eigenvalue weighted by molar-refractivity contribution is 0.102. The summed E-state index contributed by atoms with van der Waals surface area (Å²) in [5, 5.41) is 15.8. The summed E-state index contributed by atoms with van der Waals surface area (Å²) >= 11 is 1.22. The smallest absolute Gasteiger partial charge is 0.262 e. The van der Waals surface area contributed by atoms with E-state index in [1.165, 1.54) is 28.3 Å². The summed E-state index contributed by atoms with van der Waals surface area (Å²) in [6, 6.07) is 9.86. The van der Waals surface area contributed by atoms with E-state index in [1.807, 2.05) is 12.1 Å². The lowest BCUT2D eigenvalue weighted by Gasteiger charge is -2.11. The van der Waals surface area contributed by atoms with Crippen molar-refractivity contribution >= 4 is 22.4 Å². The Hall–Kier alpha value is -3.37. The van der Waals surface area contributed by atoms with Crippen molar-refractivity contribution in [2.45, 2.75) is 6.61 Å². The monoisotopic (exact) mass is 398 g/mol. The van der Waals surface area contributed by atoms with Crippen LogP contribution in [0.1, 0.15) is 15.4 Å². The number of anilines is 1. The van der Waals surface area contributed by atoms with E-state index in [4.69, 9.17) is 4.74 Å². The molecule has 28 heavy (non-hydrogen) atoms. The summed E-state index contributed by atoms with van der Waals surface area (Å²) in [6.07, 6.45) is 4.91. The molecule has 4 rings (SSSR count). The average molecular weight is 398 g/mol. The zero-order chi connectivity index (χ0) is 19.5. The molecule has 10 heteroatoms. The molecule has 3 aromatic heterocycles. The number of carbonyl (C=O) groups excluding carboxylic acids is 1. The molecule has 0 unspecified atom stereocenters. The maximum Gasteiger partial charge on any atom is 0.262 e. The van der Waals surface area contributed by atoms with Gasteiger partial charge in [0.25, 0.3) is 5.91 Å². The Bertz CT molecular complexity index is 1110. The van der Waals surface area contributed by atoms with Gasteiger partial charge >= 0.3 is 0 Å². The van der Waals surface area contributed by atoms with Crippen LogP contribution >= 0.6 is 11.3 Å². The molecule has 1 amide bonds. The predicted molar refractivity (Wildman–Crippen MR) is 101 cm³/mol. The highest BCUT2D eigenvalue weighted by atomic mass is 32.1. The Morgan fingerprint density at radius 2 is 2.00 bits per heavy atom. The highest BCUT2D eigenvalue weighted by molar-refractivity contribution is 7.15. The molecule has 1 aromatic carbocycles. The Kier molecular flexibility index (Phi) is 4.96. The third-order valence-electron chi connectivity index (χ3n) is 3.87. The van der Waals surface area contributed by atoms with E-state index < -0.39 is 11.7 Å². The Morgan fingerprint density at radius 1 is 1.21 bits per heavy atom. The molecule has 0 bridgehead atoms. The number of amides is 1. The van der Waals surface area contributed by atoms with Crippen LogP contribution < -0.4 is 5.32 Å². The molecule has 8 nitrogen and oxygen atoms in total. The van der Waals surface area contributed by atoms with Crippen LogP contribution in [0.3, 0.4) is 0 Å². The van der Waals surface area contributed by atoms with Crippen LogP contribution in [-0.2, 0) is 11.3 Å². The molecule has 0 saturated heterocycles. The number of hydrogen-bond donors (Lipinski definition) is 1. The number of nitrogens with one attached hydrogen (secondary N) is 1. The van der Waals surface area contributed by atoms with Gasteiger partial charge in [0.2, 0.25) is 5.13 Å². The zero-order valence-electron chi connectivity index (χ0n) is 14.7. The summed E-state index contributed by atoms with van der Waals surface area (Å²) in [4.78, 5) is 12.9. The molecule has 0 saturated carbocycles. The largest absolute Gasteiger partial charge is 0.377 e. The normalized spacial score (nSPS) is 10.9. The van der Waals surface area contributed by atoms with Gasteiger partial charge in [-0.1, -0.05) is 23.5 Å². The minimum Gasteiger partial charge on any atom is -0.377 e. The van der Waals surface area contributed by atoms with Crippen molar-refractivity contribution in [2.75, 3.05) is 12.4 Å².